The van der Waals surface area contributed by atoms with E-state index in [-0.39, 0.29) is 17.8 Å². The van der Waals surface area contributed by atoms with Gasteiger partial charge in [0.15, 0.2) is 0 Å². The Labute approximate surface area is 164 Å². The average molecular weight is 390 g/mol. The average Bonchev–Trinajstić information content (AvgIpc) is 3.16. The van der Waals surface area contributed by atoms with E-state index in [4.69, 9.17) is 9.57 Å². The summed E-state index contributed by atoms with van der Waals surface area (Å²) in [6, 6.07) is 6.33. The van der Waals surface area contributed by atoms with Gasteiger partial charge in [-0.25, -0.2) is 4.39 Å². The molecule has 4 rings (SSSR count). The number of oxime groups is 1. The van der Waals surface area contributed by atoms with E-state index < -0.39 is 11.5 Å². The Balaban J connectivity index is 1.46. The van der Waals surface area contributed by atoms with Gasteiger partial charge in [0, 0.05) is 44.7 Å². The van der Waals surface area contributed by atoms with Crippen LogP contribution in [0.2, 0.25) is 0 Å². The molecule has 1 N–H and O–H groups in total. The maximum atomic E-state index is 13.5. The van der Waals surface area contributed by atoms with Crippen LogP contribution in [0, 0.1) is 11.2 Å². The molecule has 0 aromatic heterocycles. The summed E-state index contributed by atoms with van der Waals surface area (Å²) >= 11 is 0. The largest absolute Gasteiger partial charge is 0.392 e. The number of amides is 1. The number of ether oxygens (including phenoxy) is 1. The number of aliphatic hydroxyl groups excluding tert-OH is 1. The fourth-order valence-corrected chi connectivity index (χ4v) is 4.55. The predicted octanol–water partition coefficient (Wildman–Crippen LogP) is 2.49. The zero-order chi connectivity index (χ0) is 19.6. The molecule has 2 fully saturated rings. The Morgan fingerprint density at radius 2 is 2.18 bits per heavy atom. The maximum Gasteiger partial charge on any atom is 0.229 e. The van der Waals surface area contributed by atoms with Crippen LogP contribution < -0.4 is 0 Å². The first-order chi connectivity index (χ1) is 13.6. The number of carbonyl (C=O) groups excluding carboxylic acids is 1. The van der Waals surface area contributed by atoms with Gasteiger partial charge in [-0.05, 0) is 37.8 Å². The summed E-state index contributed by atoms with van der Waals surface area (Å²) in [6.45, 7) is 2.19. The summed E-state index contributed by atoms with van der Waals surface area (Å²) in [7, 11) is 0. The number of piperidine rings is 1. The zero-order valence-corrected chi connectivity index (χ0v) is 16.0. The Bertz CT molecular complexity index is 748. The monoisotopic (exact) mass is 390 g/mol. The molecule has 152 valence electrons. The van der Waals surface area contributed by atoms with E-state index in [1.807, 2.05) is 11.0 Å². The summed E-state index contributed by atoms with van der Waals surface area (Å²) in [5.41, 5.74) is 0.883. The number of likely N-dealkylation sites (tertiary alicyclic amines) is 1. The number of benzene rings is 1. The second-order valence-electron chi connectivity index (χ2n) is 8.12. The lowest BCUT2D eigenvalue weighted by Gasteiger charge is -2.42. The lowest BCUT2D eigenvalue weighted by molar-refractivity contribution is -0.154. The third-order valence-electron chi connectivity index (χ3n) is 6.10. The van der Waals surface area contributed by atoms with Gasteiger partial charge < -0.3 is 19.6 Å². The van der Waals surface area contributed by atoms with E-state index in [1.54, 1.807) is 6.07 Å². The van der Waals surface area contributed by atoms with E-state index in [1.165, 1.54) is 12.1 Å². The van der Waals surface area contributed by atoms with Gasteiger partial charge in [-0.3, -0.25) is 4.79 Å². The van der Waals surface area contributed by atoms with Gasteiger partial charge in [-0.15, -0.1) is 0 Å². The number of carbonyl (C=O) groups is 1. The zero-order valence-electron chi connectivity index (χ0n) is 16.0. The van der Waals surface area contributed by atoms with Crippen LogP contribution in [-0.4, -0.2) is 60.1 Å². The number of β-amino-alcohol motifs (C(OH)–C–C–N with tert-alkyl or cyclic N) is 1. The van der Waals surface area contributed by atoms with Crippen LogP contribution in [0.15, 0.2) is 29.4 Å². The number of halogens is 1. The van der Waals surface area contributed by atoms with Crippen molar-refractivity contribution in [2.24, 2.45) is 10.6 Å². The molecule has 3 heterocycles. The second kappa shape index (κ2) is 8.17. The number of rotatable bonds is 4. The van der Waals surface area contributed by atoms with E-state index in [9.17, 15) is 14.3 Å². The minimum Gasteiger partial charge on any atom is -0.392 e. The maximum absolute atomic E-state index is 13.5. The SMILES string of the molecule is O=C(N1CCC[C@@H](O)C1)C1(C[C@H]2CC(c3cccc(F)c3)=NO2)CCOCC1. The Kier molecular flexibility index (Phi) is 5.64. The molecule has 6 nitrogen and oxygen atoms in total. The normalized spacial score (nSPS) is 27.2. The third-order valence-corrected chi connectivity index (χ3v) is 6.10. The van der Waals surface area contributed by atoms with E-state index in [0.29, 0.717) is 63.3 Å². The molecule has 0 unspecified atom stereocenters. The first-order valence-electron chi connectivity index (χ1n) is 10.1. The first kappa shape index (κ1) is 19.3. The summed E-state index contributed by atoms with van der Waals surface area (Å²) in [4.78, 5) is 20.9. The van der Waals surface area contributed by atoms with Crippen LogP contribution >= 0.6 is 0 Å². The Morgan fingerprint density at radius 1 is 1.36 bits per heavy atom. The number of nitrogens with zero attached hydrogens (tertiary/aromatic N) is 2. The molecule has 2 saturated heterocycles. The molecule has 3 aliphatic heterocycles. The van der Waals surface area contributed by atoms with Gasteiger partial charge in [0.25, 0.3) is 0 Å². The van der Waals surface area contributed by atoms with Gasteiger partial charge in [-0.2, -0.15) is 0 Å². The summed E-state index contributed by atoms with van der Waals surface area (Å²) in [5.74, 6) is -0.208. The molecular formula is C21H27FN2O4. The molecular weight excluding hydrogens is 363 g/mol. The summed E-state index contributed by atoms with van der Waals surface area (Å²) in [6.07, 6.45) is 3.32. The van der Waals surface area contributed by atoms with Crippen molar-refractivity contribution in [1.82, 2.24) is 4.90 Å². The van der Waals surface area contributed by atoms with Crippen LogP contribution in [0.5, 0.6) is 0 Å². The first-order valence-corrected chi connectivity index (χ1v) is 10.1. The number of aliphatic hydroxyl groups is 1. The van der Waals surface area contributed by atoms with Gasteiger partial charge in [0.2, 0.25) is 5.91 Å². The van der Waals surface area contributed by atoms with E-state index in [0.717, 1.165) is 12.8 Å². The summed E-state index contributed by atoms with van der Waals surface area (Å²) in [5, 5.41) is 14.1. The molecule has 3 aliphatic rings. The van der Waals surface area contributed by atoms with Crippen molar-refractivity contribution in [3.8, 4) is 0 Å². The van der Waals surface area contributed by atoms with E-state index in [2.05, 4.69) is 5.16 Å². The highest BCUT2D eigenvalue weighted by molar-refractivity contribution is 6.01. The topological polar surface area (TPSA) is 71.4 Å². The molecule has 7 heteroatoms. The third kappa shape index (κ3) is 4.05. The lowest BCUT2D eigenvalue weighted by atomic mass is 9.73. The molecule has 0 saturated carbocycles. The fourth-order valence-electron chi connectivity index (χ4n) is 4.55. The Morgan fingerprint density at radius 3 is 2.93 bits per heavy atom. The predicted molar refractivity (Wildman–Crippen MR) is 101 cm³/mol. The smallest absolute Gasteiger partial charge is 0.229 e. The molecule has 1 amide bonds. The molecule has 0 bridgehead atoms. The molecule has 0 radical (unpaired) electrons. The highest BCUT2D eigenvalue weighted by Gasteiger charge is 2.46. The number of hydrogen-bond acceptors (Lipinski definition) is 5. The van der Waals surface area contributed by atoms with Crippen molar-refractivity contribution in [2.45, 2.75) is 50.7 Å². The lowest BCUT2D eigenvalue weighted by Crippen LogP contribution is -2.52. The number of hydrogen-bond donors (Lipinski definition) is 1. The van der Waals surface area contributed by atoms with Gasteiger partial charge in [-0.1, -0.05) is 17.3 Å². The molecule has 2 atom stereocenters. The Hall–Kier alpha value is -1.99. The second-order valence-corrected chi connectivity index (χ2v) is 8.12. The summed E-state index contributed by atoms with van der Waals surface area (Å²) < 4.78 is 19.0. The van der Waals surface area contributed by atoms with Gasteiger partial charge in [0.05, 0.1) is 17.2 Å². The molecule has 1 aromatic carbocycles. The van der Waals surface area contributed by atoms with Crippen molar-refractivity contribution in [3.63, 3.8) is 0 Å². The minimum atomic E-state index is -0.549. The highest BCUT2D eigenvalue weighted by atomic mass is 19.1. The quantitative estimate of drug-likeness (QED) is 0.858. The van der Waals surface area contributed by atoms with Crippen LogP contribution in [0.4, 0.5) is 4.39 Å². The van der Waals surface area contributed by atoms with Crippen molar-refractivity contribution in [1.29, 1.82) is 0 Å². The van der Waals surface area contributed by atoms with Gasteiger partial charge >= 0.3 is 0 Å². The molecule has 0 aliphatic carbocycles. The molecule has 28 heavy (non-hydrogen) atoms. The highest BCUT2D eigenvalue weighted by Crippen LogP contribution is 2.40. The van der Waals surface area contributed by atoms with Crippen LogP contribution in [-0.2, 0) is 14.4 Å². The van der Waals surface area contributed by atoms with Crippen molar-refractivity contribution < 1.29 is 23.9 Å². The van der Waals surface area contributed by atoms with Crippen molar-refractivity contribution >= 4 is 11.6 Å². The van der Waals surface area contributed by atoms with Crippen molar-refractivity contribution in [2.75, 3.05) is 26.3 Å². The van der Waals surface area contributed by atoms with E-state index >= 15 is 0 Å². The minimum absolute atomic E-state index is 0.0948. The van der Waals surface area contributed by atoms with Crippen LogP contribution in [0.25, 0.3) is 0 Å². The van der Waals surface area contributed by atoms with Crippen LogP contribution in [0.1, 0.15) is 44.1 Å². The fraction of sp³-hybridized carbons (Fsp3) is 0.619. The van der Waals surface area contributed by atoms with Crippen molar-refractivity contribution in [3.05, 3.63) is 35.6 Å². The van der Waals surface area contributed by atoms with Crippen LogP contribution in [0.3, 0.4) is 0 Å². The molecule has 0 spiro atoms. The standard InChI is InChI=1S/C21H27FN2O4/c22-16-4-1-3-15(11-16)19-12-18(28-23-19)13-21(6-9-27-10-7-21)20(26)24-8-2-5-17(25)14-24/h1,3-4,11,17-18,25H,2,5-10,12-14H2/t17-,18-/m1/s1. The van der Waals surface area contributed by atoms with Gasteiger partial charge in [0.1, 0.15) is 11.9 Å². The molecule has 1 aromatic rings.